The smallest absolute Gasteiger partial charge is 0.244 e. The van der Waals surface area contributed by atoms with Crippen LogP contribution in [0.25, 0.3) is 0 Å². The topological polar surface area (TPSA) is 105 Å². The molecule has 1 N–H and O–H groups in total. The molecule has 2 aromatic rings. The Bertz CT molecular complexity index is 1020. The van der Waals surface area contributed by atoms with Crippen LogP contribution in [0.1, 0.15) is 12.5 Å². The Morgan fingerprint density at radius 2 is 1.47 bits per heavy atom. The highest BCUT2D eigenvalue weighted by Gasteiger charge is 2.29. The summed E-state index contributed by atoms with van der Waals surface area (Å²) in [5.74, 6) is 0.344. The number of carbonyl (C=O) groups excluding carboxylic acids is 2. The Kier molecular flexibility index (Phi) is 8.48. The average Bonchev–Trinajstić information content (AvgIpc) is 2.79. The van der Waals surface area contributed by atoms with Crippen LogP contribution in [-0.4, -0.2) is 65.2 Å². The van der Waals surface area contributed by atoms with Gasteiger partial charge < -0.3 is 19.7 Å². The molecule has 32 heavy (non-hydrogen) atoms. The molecule has 1 atom stereocenters. The maximum atomic E-state index is 13.3. The van der Waals surface area contributed by atoms with Gasteiger partial charge in [0, 0.05) is 13.6 Å². The van der Waals surface area contributed by atoms with Crippen molar-refractivity contribution < 1.29 is 27.5 Å². The number of hydrogen-bond donors (Lipinski definition) is 1. The summed E-state index contributed by atoms with van der Waals surface area (Å²) in [5.41, 5.74) is 1.09. The van der Waals surface area contributed by atoms with E-state index < -0.39 is 28.5 Å². The molecule has 0 bridgehead atoms. The summed E-state index contributed by atoms with van der Waals surface area (Å²) in [6, 6.07) is 12.6. The largest absolute Gasteiger partial charge is 0.497 e. The molecule has 0 unspecified atom stereocenters. The van der Waals surface area contributed by atoms with Crippen LogP contribution in [0, 0.1) is 0 Å². The normalized spacial score (nSPS) is 11.9. The van der Waals surface area contributed by atoms with Gasteiger partial charge in [-0.1, -0.05) is 12.1 Å². The van der Waals surface area contributed by atoms with Crippen molar-refractivity contribution >= 4 is 27.5 Å². The SMILES string of the molecule is CNC(=O)[C@@H](C)N(Cc1ccc(OC)cc1)C(=O)CN(c1ccc(OC)cc1)S(C)(=O)=O. The third kappa shape index (κ3) is 6.36. The number of methoxy groups -OCH3 is 2. The standard InChI is InChI=1S/C22H29N3O6S/c1-16(22(27)23-2)24(14-17-6-10-19(30-3)11-7-17)21(26)15-25(32(5,28)29)18-8-12-20(31-4)13-9-18/h6-13,16H,14-15H2,1-5H3,(H,23,27)/t16-/m1/s1. The van der Waals surface area contributed by atoms with Crippen LogP contribution < -0.4 is 19.1 Å². The second-order valence-corrected chi connectivity index (χ2v) is 9.03. The molecule has 0 spiro atoms. The van der Waals surface area contributed by atoms with Crippen LogP contribution in [0.3, 0.4) is 0 Å². The van der Waals surface area contributed by atoms with Crippen molar-refractivity contribution in [2.45, 2.75) is 19.5 Å². The lowest BCUT2D eigenvalue weighted by molar-refractivity contribution is -0.139. The molecule has 0 aromatic heterocycles. The summed E-state index contributed by atoms with van der Waals surface area (Å²) in [7, 11) is 0.767. The zero-order chi connectivity index (χ0) is 23.9. The Morgan fingerprint density at radius 1 is 0.969 bits per heavy atom. The molecule has 0 aliphatic rings. The predicted octanol–water partition coefficient (Wildman–Crippen LogP) is 1.63. The first-order valence-corrected chi connectivity index (χ1v) is 11.7. The molecule has 0 aliphatic carbocycles. The lowest BCUT2D eigenvalue weighted by Gasteiger charge is -2.31. The maximum absolute atomic E-state index is 13.3. The van der Waals surface area contributed by atoms with Crippen LogP contribution >= 0.6 is 0 Å². The molecule has 10 heteroatoms. The molecule has 2 amide bonds. The minimum absolute atomic E-state index is 0.123. The van der Waals surface area contributed by atoms with Gasteiger partial charge in [-0.05, 0) is 48.9 Å². The number of benzene rings is 2. The third-order valence-corrected chi connectivity index (χ3v) is 6.11. The highest BCUT2D eigenvalue weighted by atomic mass is 32.2. The van der Waals surface area contributed by atoms with E-state index >= 15 is 0 Å². The number of anilines is 1. The Labute approximate surface area is 189 Å². The Morgan fingerprint density at radius 3 is 1.91 bits per heavy atom. The molecular weight excluding hydrogens is 434 g/mol. The molecule has 0 radical (unpaired) electrons. The van der Waals surface area contributed by atoms with Crippen molar-refractivity contribution in [3.8, 4) is 11.5 Å². The first-order valence-electron chi connectivity index (χ1n) is 9.86. The molecule has 9 nitrogen and oxygen atoms in total. The fraction of sp³-hybridized carbons (Fsp3) is 0.364. The minimum Gasteiger partial charge on any atom is -0.497 e. The van der Waals surface area contributed by atoms with E-state index in [9.17, 15) is 18.0 Å². The Hall–Kier alpha value is -3.27. The fourth-order valence-corrected chi connectivity index (χ4v) is 3.93. The number of amides is 2. The van der Waals surface area contributed by atoms with E-state index in [-0.39, 0.29) is 12.5 Å². The van der Waals surface area contributed by atoms with Gasteiger partial charge in [0.1, 0.15) is 24.1 Å². The van der Waals surface area contributed by atoms with Gasteiger partial charge in [-0.2, -0.15) is 0 Å². The van der Waals surface area contributed by atoms with Crippen LogP contribution in [0.4, 0.5) is 5.69 Å². The number of likely N-dealkylation sites (N-methyl/N-ethyl adjacent to an activating group) is 1. The van der Waals surface area contributed by atoms with Gasteiger partial charge >= 0.3 is 0 Å². The number of ether oxygens (including phenoxy) is 2. The fourth-order valence-electron chi connectivity index (χ4n) is 3.08. The predicted molar refractivity (Wildman–Crippen MR) is 122 cm³/mol. The van der Waals surface area contributed by atoms with Gasteiger partial charge in [-0.25, -0.2) is 8.42 Å². The summed E-state index contributed by atoms with van der Waals surface area (Å²) in [6.45, 7) is 1.26. The summed E-state index contributed by atoms with van der Waals surface area (Å²) < 4.78 is 36.2. The number of rotatable bonds is 10. The number of hydrogen-bond acceptors (Lipinski definition) is 6. The summed E-state index contributed by atoms with van der Waals surface area (Å²) >= 11 is 0. The van der Waals surface area contributed by atoms with Crippen molar-refractivity contribution in [2.24, 2.45) is 0 Å². The van der Waals surface area contributed by atoms with Crippen molar-refractivity contribution in [3.63, 3.8) is 0 Å². The van der Waals surface area contributed by atoms with Crippen molar-refractivity contribution in [1.29, 1.82) is 0 Å². The summed E-state index contributed by atoms with van der Waals surface area (Å²) in [5, 5.41) is 2.53. The van der Waals surface area contributed by atoms with E-state index in [2.05, 4.69) is 5.32 Å². The second kappa shape index (κ2) is 10.9. The first-order chi connectivity index (χ1) is 15.1. The van der Waals surface area contributed by atoms with Crippen LogP contribution in [-0.2, 0) is 26.2 Å². The van der Waals surface area contributed by atoms with Crippen LogP contribution in [0.5, 0.6) is 11.5 Å². The maximum Gasteiger partial charge on any atom is 0.244 e. The van der Waals surface area contributed by atoms with E-state index in [1.54, 1.807) is 62.6 Å². The lowest BCUT2D eigenvalue weighted by Crippen LogP contribution is -2.50. The lowest BCUT2D eigenvalue weighted by atomic mass is 10.1. The first kappa shape index (κ1) is 25.0. The van der Waals surface area contributed by atoms with Crippen molar-refractivity contribution in [3.05, 3.63) is 54.1 Å². The van der Waals surface area contributed by atoms with E-state index in [0.29, 0.717) is 17.2 Å². The average molecular weight is 464 g/mol. The van der Waals surface area contributed by atoms with Gasteiger partial charge in [0.2, 0.25) is 21.8 Å². The van der Waals surface area contributed by atoms with Gasteiger partial charge in [0.15, 0.2) is 0 Å². The van der Waals surface area contributed by atoms with Crippen molar-refractivity contribution in [2.75, 3.05) is 38.4 Å². The van der Waals surface area contributed by atoms with E-state index in [4.69, 9.17) is 9.47 Å². The zero-order valence-corrected chi connectivity index (χ0v) is 19.7. The molecule has 0 saturated heterocycles. The highest BCUT2D eigenvalue weighted by molar-refractivity contribution is 7.92. The highest BCUT2D eigenvalue weighted by Crippen LogP contribution is 2.22. The molecular formula is C22H29N3O6S. The molecule has 174 valence electrons. The minimum atomic E-state index is -3.77. The Balaban J connectivity index is 2.34. The van der Waals surface area contributed by atoms with E-state index in [1.165, 1.54) is 19.1 Å². The quantitative estimate of drug-likeness (QED) is 0.574. The second-order valence-electron chi connectivity index (χ2n) is 7.13. The summed E-state index contributed by atoms with van der Waals surface area (Å²) in [6.07, 6.45) is 1.03. The molecule has 0 fully saturated rings. The number of carbonyl (C=O) groups is 2. The number of nitrogens with zero attached hydrogens (tertiary/aromatic N) is 2. The molecule has 0 heterocycles. The molecule has 0 saturated carbocycles. The zero-order valence-electron chi connectivity index (χ0n) is 18.9. The van der Waals surface area contributed by atoms with E-state index in [0.717, 1.165) is 16.1 Å². The van der Waals surface area contributed by atoms with Crippen LogP contribution in [0.15, 0.2) is 48.5 Å². The summed E-state index contributed by atoms with van der Waals surface area (Å²) in [4.78, 5) is 26.9. The van der Waals surface area contributed by atoms with E-state index in [1.807, 2.05) is 0 Å². The van der Waals surface area contributed by atoms with Gasteiger partial charge in [0.25, 0.3) is 0 Å². The molecule has 0 aliphatic heterocycles. The van der Waals surface area contributed by atoms with Gasteiger partial charge in [-0.3, -0.25) is 13.9 Å². The van der Waals surface area contributed by atoms with Crippen LogP contribution in [0.2, 0.25) is 0 Å². The number of nitrogens with one attached hydrogen (secondary N) is 1. The molecule has 2 aromatic carbocycles. The van der Waals surface area contributed by atoms with Gasteiger partial charge in [-0.15, -0.1) is 0 Å². The monoisotopic (exact) mass is 463 g/mol. The third-order valence-electron chi connectivity index (χ3n) is 4.97. The molecule has 2 rings (SSSR count). The number of sulfonamides is 1. The van der Waals surface area contributed by atoms with Gasteiger partial charge in [0.05, 0.1) is 26.2 Å². The van der Waals surface area contributed by atoms with Crippen molar-refractivity contribution in [1.82, 2.24) is 10.2 Å².